The molecule has 0 spiro atoms. The number of amides is 1. The Bertz CT molecular complexity index is 714. The molecule has 0 bridgehead atoms. The average Bonchev–Trinajstić information content (AvgIpc) is 3.17. The molecule has 1 aliphatic heterocycles. The van der Waals surface area contributed by atoms with E-state index in [1.54, 1.807) is 23.5 Å². The van der Waals surface area contributed by atoms with E-state index in [-0.39, 0.29) is 23.6 Å². The molecular formula is C20H26FN3OS. The molecule has 1 N–H and O–H groups in total. The van der Waals surface area contributed by atoms with Crippen molar-refractivity contribution in [2.45, 2.75) is 25.9 Å². The Labute approximate surface area is 158 Å². The molecule has 3 rings (SSSR count). The second kappa shape index (κ2) is 8.75. The Hall–Kier alpha value is -1.76. The van der Waals surface area contributed by atoms with Crippen LogP contribution in [-0.2, 0) is 0 Å². The van der Waals surface area contributed by atoms with Crippen LogP contribution in [0, 0.1) is 5.82 Å². The number of hydrogen-bond donors (Lipinski definition) is 1. The molecule has 0 unspecified atom stereocenters. The minimum atomic E-state index is -0.485. The predicted molar refractivity (Wildman–Crippen MR) is 104 cm³/mol. The standard InChI is InChI=1S/C20H26FN3OS/c1-3-23-10-12-24(13-11-23)19(18-9-6-14-26-18)15(2)22-20(25)16-7-4-5-8-17(16)21/h4-9,14-15,19H,3,10-13H2,1-2H3,(H,22,25)/t15-,19-/m1/s1. The maximum absolute atomic E-state index is 13.9. The summed E-state index contributed by atoms with van der Waals surface area (Å²) in [4.78, 5) is 18.7. The van der Waals surface area contributed by atoms with E-state index in [2.05, 4.69) is 33.5 Å². The van der Waals surface area contributed by atoms with Crippen molar-refractivity contribution in [3.8, 4) is 0 Å². The van der Waals surface area contributed by atoms with Crippen molar-refractivity contribution in [2.75, 3.05) is 32.7 Å². The number of carbonyl (C=O) groups is 1. The number of rotatable bonds is 6. The van der Waals surface area contributed by atoms with Crippen LogP contribution in [0.5, 0.6) is 0 Å². The molecule has 2 aromatic rings. The topological polar surface area (TPSA) is 35.6 Å². The predicted octanol–water partition coefficient (Wildman–Crippen LogP) is 3.38. The fourth-order valence-electron chi connectivity index (χ4n) is 3.57. The molecule has 140 valence electrons. The van der Waals surface area contributed by atoms with Crippen molar-refractivity contribution in [1.29, 1.82) is 0 Å². The van der Waals surface area contributed by atoms with Crippen LogP contribution in [0.4, 0.5) is 4.39 Å². The van der Waals surface area contributed by atoms with Gasteiger partial charge in [0, 0.05) is 37.1 Å². The van der Waals surface area contributed by atoms with Crippen LogP contribution in [0.3, 0.4) is 0 Å². The number of likely N-dealkylation sites (N-methyl/N-ethyl adjacent to an activating group) is 1. The number of hydrogen-bond acceptors (Lipinski definition) is 4. The van der Waals surface area contributed by atoms with E-state index >= 15 is 0 Å². The maximum Gasteiger partial charge on any atom is 0.254 e. The highest BCUT2D eigenvalue weighted by atomic mass is 32.1. The van der Waals surface area contributed by atoms with Gasteiger partial charge < -0.3 is 10.2 Å². The lowest BCUT2D eigenvalue weighted by Gasteiger charge is -2.41. The highest BCUT2D eigenvalue weighted by molar-refractivity contribution is 7.10. The third-order valence-corrected chi connectivity index (χ3v) is 5.98. The molecule has 0 saturated carbocycles. The molecule has 1 aliphatic rings. The van der Waals surface area contributed by atoms with Gasteiger partial charge in [0.05, 0.1) is 11.6 Å². The van der Waals surface area contributed by atoms with Crippen molar-refractivity contribution < 1.29 is 9.18 Å². The Kier molecular flexibility index (Phi) is 6.40. The lowest BCUT2D eigenvalue weighted by atomic mass is 10.0. The zero-order valence-corrected chi connectivity index (χ0v) is 16.1. The van der Waals surface area contributed by atoms with Gasteiger partial charge in [0.15, 0.2) is 0 Å². The molecule has 0 radical (unpaired) electrons. The fraction of sp³-hybridized carbons (Fsp3) is 0.450. The molecular weight excluding hydrogens is 349 g/mol. The van der Waals surface area contributed by atoms with Gasteiger partial charge in [-0.1, -0.05) is 25.1 Å². The lowest BCUT2D eigenvalue weighted by molar-refractivity contribution is 0.0751. The van der Waals surface area contributed by atoms with Crippen molar-refractivity contribution in [1.82, 2.24) is 15.1 Å². The highest BCUT2D eigenvalue weighted by Gasteiger charge is 2.31. The summed E-state index contributed by atoms with van der Waals surface area (Å²) in [7, 11) is 0. The number of piperazine rings is 1. The molecule has 1 amide bonds. The van der Waals surface area contributed by atoms with E-state index < -0.39 is 5.82 Å². The summed E-state index contributed by atoms with van der Waals surface area (Å²) in [6.45, 7) is 9.27. The zero-order chi connectivity index (χ0) is 18.5. The molecule has 2 atom stereocenters. The van der Waals surface area contributed by atoms with Gasteiger partial charge in [-0.05, 0) is 37.0 Å². The van der Waals surface area contributed by atoms with Gasteiger partial charge >= 0.3 is 0 Å². The largest absolute Gasteiger partial charge is 0.348 e. The van der Waals surface area contributed by atoms with Crippen molar-refractivity contribution in [3.05, 3.63) is 58.0 Å². The number of nitrogens with one attached hydrogen (secondary N) is 1. The van der Waals surface area contributed by atoms with Crippen molar-refractivity contribution in [2.24, 2.45) is 0 Å². The van der Waals surface area contributed by atoms with E-state index in [0.29, 0.717) is 0 Å². The first-order valence-electron chi connectivity index (χ1n) is 9.15. The summed E-state index contributed by atoms with van der Waals surface area (Å²) in [6, 6.07) is 10.3. The zero-order valence-electron chi connectivity index (χ0n) is 15.3. The first-order chi connectivity index (χ1) is 12.6. The minimum Gasteiger partial charge on any atom is -0.348 e. The van der Waals surface area contributed by atoms with Gasteiger partial charge in [-0.15, -0.1) is 11.3 Å². The van der Waals surface area contributed by atoms with Gasteiger partial charge in [-0.2, -0.15) is 0 Å². The molecule has 2 heterocycles. The van der Waals surface area contributed by atoms with E-state index in [9.17, 15) is 9.18 Å². The third-order valence-electron chi connectivity index (χ3n) is 5.03. The van der Waals surface area contributed by atoms with Gasteiger partial charge in [0.2, 0.25) is 0 Å². The maximum atomic E-state index is 13.9. The van der Waals surface area contributed by atoms with Crippen LogP contribution >= 0.6 is 11.3 Å². The van der Waals surface area contributed by atoms with Crippen molar-refractivity contribution in [3.63, 3.8) is 0 Å². The van der Waals surface area contributed by atoms with Crippen LogP contribution in [0.25, 0.3) is 0 Å². The number of carbonyl (C=O) groups excluding carboxylic acids is 1. The van der Waals surface area contributed by atoms with E-state index in [1.807, 2.05) is 13.0 Å². The quantitative estimate of drug-likeness (QED) is 0.841. The monoisotopic (exact) mass is 375 g/mol. The van der Waals surface area contributed by atoms with Crippen molar-refractivity contribution >= 4 is 17.2 Å². The van der Waals surface area contributed by atoms with Crippen LogP contribution in [0.15, 0.2) is 41.8 Å². The lowest BCUT2D eigenvalue weighted by Crippen LogP contribution is -2.52. The fourth-order valence-corrected chi connectivity index (χ4v) is 4.53. The molecule has 1 fully saturated rings. The van der Waals surface area contributed by atoms with Crippen LogP contribution in [-0.4, -0.2) is 54.5 Å². The minimum absolute atomic E-state index is 0.0973. The average molecular weight is 376 g/mol. The Balaban J connectivity index is 1.75. The Morgan fingerprint density at radius 3 is 2.54 bits per heavy atom. The van der Waals surface area contributed by atoms with Gasteiger partial charge in [0.25, 0.3) is 5.91 Å². The van der Waals surface area contributed by atoms with E-state index in [0.717, 1.165) is 32.7 Å². The summed E-state index contributed by atoms with van der Waals surface area (Å²) in [5.74, 6) is -0.842. The van der Waals surface area contributed by atoms with Gasteiger partial charge in [0.1, 0.15) is 5.82 Å². The molecule has 6 heteroatoms. The first-order valence-corrected chi connectivity index (χ1v) is 10.0. The van der Waals surface area contributed by atoms with E-state index in [4.69, 9.17) is 0 Å². The number of benzene rings is 1. The third kappa shape index (κ3) is 4.31. The van der Waals surface area contributed by atoms with Crippen LogP contribution in [0.2, 0.25) is 0 Å². The first kappa shape index (κ1) is 19.0. The molecule has 1 aromatic heterocycles. The molecule has 1 saturated heterocycles. The smallest absolute Gasteiger partial charge is 0.254 e. The summed E-state index contributed by atoms with van der Waals surface area (Å²) in [5, 5.41) is 5.09. The summed E-state index contributed by atoms with van der Waals surface area (Å²) in [5.41, 5.74) is 0.0973. The summed E-state index contributed by atoms with van der Waals surface area (Å²) in [6.07, 6.45) is 0. The molecule has 4 nitrogen and oxygen atoms in total. The Morgan fingerprint density at radius 2 is 1.92 bits per heavy atom. The number of halogens is 1. The summed E-state index contributed by atoms with van der Waals surface area (Å²) >= 11 is 1.70. The summed E-state index contributed by atoms with van der Waals surface area (Å²) < 4.78 is 13.9. The van der Waals surface area contributed by atoms with Gasteiger partial charge in [-0.3, -0.25) is 9.69 Å². The van der Waals surface area contributed by atoms with Crippen LogP contribution < -0.4 is 5.32 Å². The SMILES string of the molecule is CCN1CCN([C@@H](c2cccs2)[C@@H](C)NC(=O)c2ccccc2F)CC1. The van der Waals surface area contributed by atoms with Crippen LogP contribution in [0.1, 0.15) is 35.1 Å². The molecule has 0 aliphatic carbocycles. The molecule has 26 heavy (non-hydrogen) atoms. The molecule has 1 aromatic carbocycles. The number of nitrogens with zero attached hydrogens (tertiary/aromatic N) is 2. The normalized spacial score (nSPS) is 18.4. The Morgan fingerprint density at radius 1 is 1.19 bits per heavy atom. The second-order valence-electron chi connectivity index (χ2n) is 6.67. The number of thiophene rings is 1. The second-order valence-corrected chi connectivity index (χ2v) is 7.65. The van der Waals surface area contributed by atoms with E-state index in [1.165, 1.54) is 17.0 Å². The van der Waals surface area contributed by atoms with Gasteiger partial charge in [-0.25, -0.2) is 4.39 Å². The highest BCUT2D eigenvalue weighted by Crippen LogP contribution is 2.29.